The number of rotatable bonds is 4. The molecule has 0 aromatic heterocycles. The fourth-order valence-electron chi connectivity index (χ4n) is 1.54. The minimum Gasteiger partial charge on any atom is -0.504 e. The number of aliphatic hydroxyl groups is 1. The maximum absolute atomic E-state index is 11.9. The standard InChI is InChI=1S/C14H14O4/c1-8-4-6-11(7-5-8)13(17)14(18)12(9(2)15)10(3)16/h4-7,18H,1-3H3. The number of carbonyl (C=O) groups excluding carboxylic acids is 3. The molecule has 0 amide bonds. The average molecular weight is 246 g/mol. The van der Waals surface area contributed by atoms with E-state index in [1.165, 1.54) is 12.1 Å². The van der Waals surface area contributed by atoms with Crippen molar-refractivity contribution in [3.8, 4) is 0 Å². The number of Topliss-reactive ketones (excluding diaryl/α,β-unsaturated/α-hetero) is 3. The van der Waals surface area contributed by atoms with Crippen LogP contribution in [0.2, 0.25) is 0 Å². The largest absolute Gasteiger partial charge is 0.504 e. The Balaban J connectivity index is 3.24. The maximum Gasteiger partial charge on any atom is 0.228 e. The minimum atomic E-state index is -0.793. The Morgan fingerprint density at radius 2 is 1.39 bits per heavy atom. The Kier molecular flexibility index (Phi) is 4.15. The smallest absolute Gasteiger partial charge is 0.228 e. The van der Waals surface area contributed by atoms with Crippen LogP contribution in [0.15, 0.2) is 35.6 Å². The monoisotopic (exact) mass is 246 g/mol. The van der Waals surface area contributed by atoms with Crippen molar-refractivity contribution in [3.63, 3.8) is 0 Å². The van der Waals surface area contributed by atoms with Crippen molar-refractivity contribution in [3.05, 3.63) is 46.7 Å². The molecule has 0 bridgehead atoms. The number of hydrogen-bond donors (Lipinski definition) is 1. The molecule has 0 saturated heterocycles. The number of allylic oxidation sites excluding steroid dienone is 2. The first-order valence-electron chi connectivity index (χ1n) is 5.41. The van der Waals surface area contributed by atoms with Crippen molar-refractivity contribution < 1.29 is 19.5 Å². The molecule has 0 unspecified atom stereocenters. The summed E-state index contributed by atoms with van der Waals surface area (Å²) < 4.78 is 0. The highest BCUT2D eigenvalue weighted by Crippen LogP contribution is 2.13. The van der Waals surface area contributed by atoms with Gasteiger partial charge in [-0.1, -0.05) is 29.8 Å². The quantitative estimate of drug-likeness (QED) is 0.290. The van der Waals surface area contributed by atoms with E-state index in [0.717, 1.165) is 19.4 Å². The zero-order valence-corrected chi connectivity index (χ0v) is 10.5. The average Bonchev–Trinajstić information content (AvgIpc) is 2.28. The van der Waals surface area contributed by atoms with Crippen LogP contribution in [0.3, 0.4) is 0 Å². The topological polar surface area (TPSA) is 71.4 Å². The lowest BCUT2D eigenvalue weighted by Gasteiger charge is -2.04. The Morgan fingerprint density at radius 3 is 1.78 bits per heavy atom. The summed E-state index contributed by atoms with van der Waals surface area (Å²) >= 11 is 0. The second-order valence-electron chi connectivity index (χ2n) is 4.03. The molecule has 94 valence electrons. The highest BCUT2D eigenvalue weighted by molar-refractivity contribution is 6.24. The van der Waals surface area contributed by atoms with E-state index in [4.69, 9.17) is 0 Å². The van der Waals surface area contributed by atoms with Gasteiger partial charge in [0, 0.05) is 5.56 Å². The van der Waals surface area contributed by atoms with Gasteiger partial charge in [0.25, 0.3) is 0 Å². The second kappa shape index (κ2) is 5.40. The summed E-state index contributed by atoms with van der Waals surface area (Å²) in [5, 5.41) is 9.73. The van der Waals surface area contributed by atoms with Crippen molar-refractivity contribution in [1.29, 1.82) is 0 Å². The SMILES string of the molecule is CC(=O)C(C(C)=O)=C(O)C(=O)c1ccc(C)cc1. The summed E-state index contributed by atoms with van der Waals surface area (Å²) in [4.78, 5) is 34.3. The van der Waals surface area contributed by atoms with E-state index in [1.54, 1.807) is 12.1 Å². The molecule has 0 aliphatic heterocycles. The van der Waals surface area contributed by atoms with Gasteiger partial charge in [-0.05, 0) is 20.8 Å². The van der Waals surface area contributed by atoms with Gasteiger partial charge < -0.3 is 5.11 Å². The van der Waals surface area contributed by atoms with Crippen LogP contribution in [-0.4, -0.2) is 22.5 Å². The molecule has 0 fully saturated rings. The number of carbonyl (C=O) groups is 3. The molecule has 4 heteroatoms. The third-order valence-electron chi connectivity index (χ3n) is 2.47. The Labute approximate surface area is 105 Å². The second-order valence-corrected chi connectivity index (χ2v) is 4.03. The maximum atomic E-state index is 11.9. The van der Waals surface area contributed by atoms with Crippen molar-refractivity contribution in [2.24, 2.45) is 0 Å². The molecular weight excluding hydrogens is 232 g/mol. The first-order valence-corrected chi connectivity index (χ1v) is 5.41. The molecule has 4 nitrogen and oxygen atoms in total. The van der Waals surface area contributed by atoms with E-state index in [1.807, 2.05) is 6.92 Å². The van der Waals surface area contributed by atoms with Crippen LogP contribution in [0.5, 0.6) is 0 Å². The van der Waals surface area contributed by atoms with Gasteiger partial charge >= 0.3 is 0 Å². The van der Waals surface area contributed by atoms with Gasteiger partial charge in [-0.2, -0.15) is 0 Å². The Morgan fingerprint density at radius 1 is 0.944 bits per heavy atom. The van der Waals surface area contributed by atoms with E-state index in [9.17, 15) is 19.5 Å². The molecule has 0 spiro atoms. The number of benzene rings is 1. The molecule has 0 saturated carbocycles. The Hall–Kier alpha value is -2.23. The molecule has 0 radical (unpaired) electrons. The molecular formula is C14H14O4. The molecule has 0 aliphatic rings. The van der Waals surface area contributed by atoms with Gasteiger partial charge in [0.1, 0.15) is 5.57 Å². The predicted molar refractivity (Wildman–Crippen MR) is 66.5 cm³/mol. The van der Waals surface area contributed by atoms with Crippen molar-refractivity contribution >= 4 is 17.3 Å². The van der Waals surface area contributed by atoms with Crippen LogP contribution in [0, 0.1) is 6.92 Å². The van der Waals surface area contributed by atoms with Crippen molar-refractivity contribution in [1.82, 2.24) is 0 Å². The van der Waals surface area contributed by atoms with E-state index in [2.05, 4.69) is 0 Å². The van der Waals surface area contributed by atoms with Crippen LogP contribution in [0.25, 0.3) is 0 Å². The fourth-order valence-corrected chi connectivity index (χ4v) is 1.54. The molecule has 1 aromatic carbocycles. The summed E-state index contributed by atoms with van der Waals surface area (Å²) in [5.74, 6) is -2.77. The van der Waals surface area contributed by atoms with Crippen molar-refractivity contribution in [2.45, 2.75) is 20.8 Å². The summed E-state index contributed by atoms with van der Waals surface area (Å²) in [7, 11) is 0. The third kappa shape index (κ3) is 2.91. The number of aryl methyl sites for hydroxylation is 1. The lowest BCUT2D eigenvalue weighted by atomic mass is 10.0. The van der Waals surface area contributed by atoms with Crippen molar-refractivity contribution in [2.75, 3.05) is 0 Å². The van der Waals surface area contributed by atoms with E-state index < -0.39 is 28.7 Å². The summed E-state index contributed by atoms with van der Waals surface area (Å²) in [5.41, 5.74) is 0.743. The molecule has 0 aliphatic carbocycles. The van der Waals surface area contributed by atoms with E-state index in [-0.39, 0.29) is 5.56 Å². The lowest BCUT2D eigenvalue weighted by molar-refractivity contribution is -0.119. The van der Waals surface area contributed by atoms with E-state index >= 15 is 0 Å². The van der Waals surface area contributed by atoms with Gasteiger partial charge in [-0.3, -0.25) is 14.4 Å². The predicted octanol–water partition coefficient (Wildman–Crippen LogP) is 2.17. The molecule has 1 aromatic rings. The number of hydrogen-bond acceptors (Lipinski definition) is 4. The molecule has 18 heavy (non-hydrogen) atoms. The molecule has 1 N–H and O–H groups in total. The zero-order valence-electron chi connectivity index (χ0n) is 10.5. The third-order valence-corrected chi connectivity index (χ3v) is 2.47. The fraction of sp³-hybridized carbons (Fsp3) is 0.214. The number of ketones is 3. The summed E-state index contributed by atoms with van der Waals surface area (Å²) in [6, 6.07) is 6.49. The molecule has 0 heterocycles. The number of aliphatic hydroxyl groups excluding tert-OH is 1. The van der Waals surface area contributed by atoms with Gasteiger partial charge in [0.15, 0.2) is 17.3 Å². The summed E-state index contributed by atoms with van der Waals surface area (Å²) in [6.45, 7) is 4.13. The van der Waals surface area contributed by atoms with Crippen LogP contribution in [0.1, 0.15) is 29.8 Å². The van der Waals surface area contributed by atoms with Crippen LogP contribution >= 0.6 is 0 Å². The first kappa shape index (κ1) is 13.8. The van der Waals surface area contributed by atoms with Gasteiger partial charge in [0.05, 0.1) is 0 Å². The molecule has 0 atom stereocenters. The van der Waals surface area contributed by atoms with Crippen LogP contribution < -0.4 is 0 Å². The highest BCUT2D eigenvalue weighted by atomic mass is 16.3. The van der Waals surface area contributed by atoms with Gasteiger partial charge in [0.2, 0.25) is 5.78 Å². The molecule has 1 rings (SSSR count). The van der Waals surface area contributed by atoms with Gasteiger partial charge in [-0.25, -0.2) is 0 Å². The normalized spacial score (nSPS) is 9.72. The minimum absolute atomic E-state index is 0.234. The van der Waals surface area contributed by atoms with Gasteiger partial charge in [-0.15, -0.1) is 0 Å². The highest BCUT2D eigenvalue weighted by Gasteiger charge is 2.22. The zero-order chi connectivity index (χ0) is 13.9. The van der Waals surface area contributed by atoms with Crippen LogP contribution in [0.4, 0.5) is 0 Å². The first-order chi connectivity index (χ1) is 8.34. The lowest BCUT2D eigenvalue weighted by Crippen LogP contribution is -2.15. The van der Waals surface area contributed by atoms with Crippen LogP contribution in [-0.2, 0) is 9.59 Å². The summed E-state index contributed by atoms with van der Waals surface area (Å²) in [6.07, 6.45) is 0. The Bertz CT molecular complexity index is 519. The van der Waals surface area contributed by atoms with E-state index in [0.29, 0.717) is 0 Å².